The van der Waals surface area contributed by atoms with Crippen molar-refractivity contribution in [2.45, 2.75) is 135 Å². The molecule has 0 unspecified atom stereocenters. The molecule has 0 nitrogen and oxygen atoms in total. The number of fused-ring (bicyclic) bond motifs is 2. The maximum Gasteiger partial charge on any atom is 4.00 e. The Balaban J connectivity index is 0.000000267. The van der Waals surface area contributed by atoms with E-state index in [1.54, 1.807) is 11.1 Å². The molecule has 0 bridgehead atoms. The maximum absolute atomic E-state index is 3.38. The van der Waals surface area contributed by atoms with Gasteiger partial charge in [-0.25, -0.2) is 0 Å². The predicted octanol–water partition coefficient (Wildman–Crippen LogP) is 17.0. The number of benzene rings is 4. The maximum atomic E-state index is 3.38. The monoisotopic (exact) mass is 952 g/mol. The number of hydrogen-bond donors (Lipinski definition) is 0. The summed E-state index contributed by atoms with van der Waals surface area (Å²) in [7, 11) is 0. The Morgan fingerprint density at radius 2 is 0.821 bits per heavy atom. The van der Waals surface area contributed by atoms with E-state index < -0.39 is 0 Å². The van der Waals surface area contributed by atoms with Crippen LogP contribution < -0.4 is 0 Å². The van der Waals surface area contributed by atoms with E-state index >= 15 is 0 Å². The van der Waals surface area contributed by atoms with Gasteiger partial charge >= 0.3 is 25.8 Å². The molecule has 8 rings (SSSR count). The molecule has 0 aliphatic heterocycles. The second kappa shape index (κ2) is 21.5. The zero-order valence-electron chi connectivity index (χ0n) is 35.1. The summed E-state index contributed by atoms with van der Waals surface area (Å²) < 4.78 is 0. The summed E-state index contributed by atoms with van der Waals surface area (Å²) in [6, 6.07) is 41.7. The van der Waals surface area contributed by atoms with Crippen LogP contribution in [0.4, 0.5) is 0 Å². The second-order valence-corrected chi connectivity index (χ2v) is 17.9. The van der Waals surface area contributed by atoms with Gasteiger partial charge in [-0.3, -0.25) is 0 Å². The molecule has 0 heterocycles. The molecule has 0 aromatic heterocycles. The molecule has 296 valence electrons. The molecule has 2 fully saturated rings. The van der Waals surface area contributed by atoms with E-state index in [0.29, 0.717) is 0 Å². The molecular formula is C53H66Cl2Hf. The fourth-order valence-electron chi connectivity index (χ4n) is 8.66. The second-order valence-electron chi connectivity index (χ2n) is 17.9. The van der Waals surface area contributed by atoms with Gasteiger partial charge in [0.15, 0.2) is 0 Å². The van der Waals surface area contributed by atoms with Crippen LogP contribution in [0.2, 0.25) is 0 Å². The van der Waals surface area contributed by atoms with Crippen molar-refractivity contribution in [1.29, 1.82) is 0 Å². The van der Waals surface area contributed by atoms with Crippen molar-refractivity contribution in [3.05, 3.63) is 145 Å². The van der Waals surface area contributed by atoms with Crippen LogP contribution in [-0.4, -0.2) is 0 Å². The van der Waals surface area contributed by atoms with Crippen LogP contribution in [0.3, 0.4) is 0 Å². The SMILES string of the molecule is CC(C)(C)c1ccc(-c2cccc3[cH-]c(C4CCCCC4)cc23)cc1.CC(C)(C)c1ccc(-c2cccc3[cH-]c(C4CCCCC4)cc23)cc1.Cl.Cl.[CH2-]C[CH2-].[Hf+4]. The van der Waals surface area contributed by atoms with E-state index in [2.05, 4.69) is 165 Å². The third-order valence-corrected chi connectivity index (χ3v) is 11.8. The molecular weight excluding hydrogens is 886 g/mol. The van der Waals surface area contributed by atoms with Gasteiger partial charge in [0, 0.05) is 0 Å². The van der Waals surface area contributed by atoms with Gasteiger partial charge in [0.05, 0.1) is 0 Å². The first-order valence-electron chi connectivity index (χ1n) is 20.7. The molecule has 6 aromatic carbocycles. The molecule has 3 heteroatoms. The zero-order valence-corrected chi connectivity index (χ0v) is 40.3. The van der Waals surface area contributed by atoms with E-state index in [-0.39, 0.29) is 61.5 Å². The normalized spacial score (nSPS) is 15.0. The van der Waals surface area contributed by atoms with Crippen LogP contribution in [0.15, 0.2) is 109 Å². The predicted molar refractivity (Wildman–Crippen MR) is 249 cm³/mol. The fourth-order valence-corrected chi connectivity index (χ4v) is 8.66. The molecule has 0 N–H and O–H groups in total. The topological polar surface area (TPSA) is 0 Å². The van der Waals surface area contributed by atoms with Gasteiger partial charge in [-0.15, -0.1) is 93.9 Å². The summed E-state index contributed by atoms with van der Waals surface area (Å²) in [5.41, 5.74) is 11.8. The van der Waals surface area contributed by atoms with Crippen LogP contribution in [0.1, 0.15) is 146 Å². The van der Waals surface area contributed by atoms with Gasteiger partial charge in [-0.1, -0.05) is 152 Å². The summed E-state index contributed by atoms with van der Waals surface area (Å²) in [6.07, 6.45) is 14.6. The third-order valence-electron chi connectivity index (χ3n) is 11.8. The fraction of sp³-hybridized carbons (Fsp3) is 0.396. The minimum atomic E-state index is 0. The Kier molecular flexibility index (Phi) is 18.4. The van der Waals surface area contributed by atoms with Gasteiger partial charge < -0.3 is 20.3 Å². The molecule has 0 radical (unpaired) electrons. The van der Waals surface area contributed by atoms with Crippen molar-refractivity contribution in [2.75, 3.05) is 0 Å². The van der Waals surface area contributed by atoms with Crippen LogP contribution in [0, 0.1) is 13.8 Å². The van der Waals surface area contributed by atoms with Crippen LogP contribution in [-0.2, 0) is 36.7 Å². The van der Waals surface area contributed by atoms with E-state index in [9.17, 15) is 0 Å². The van der Waals surface area contributed by atoms with Crippen molar-refractivity contribution >= 4 is 46.4 Å². The van der Waals surface area contributed by atoms with Gasteiger partial charge in [-0.05, 0) is 70.6 Å². The Morgan fingerprint density at radius 3 is 1.12 bits per heavy atom. The van der Waals surface area contributed by atoms with Crippen molar-refractivity contribution in [3.8, 4) is 22.3 Å². The Labute approximate surface area is 372 Å². The van der Waals surface area contributed by atoms with Gasteiger partial charge in [-0.2, -0.15) is 12.1 Å². The van der Waals surface area contributed by atoms with Gasteiger partial charge in [0.2, 0.25) is 0 Å². The van der Waals surface area contributed by atoms with E-state index in [1.165, 1.54) is 119 Å². The third kappa shape index (κ3) is 11.8. The average Bonchev–Trinajstić information content (AvgIpc) is 3.81. The molecule has 2 aliphatic rings. The van der Waals surface area contributed by atoms with Crippen molar-refractivity contribution in [1.82, 2.24) is 0 Å². The van der Waals surface area contributed by atoms with Crippen LogP contribution in [0.25, 0.3) is 43.8 Å². The van der Waals surface area contributed by atoms with Gasteiger partial charge in [0.1, 0.15) is 0 Å². The number of rotatable bonds is 4. The van der Waals surface area contributed by atoms with Gasteiger partial charge in [0.25, 0.3) is 0 Å². The molecule has 2 aliphatic carbocycles. The zero-order chi connectivity index (χ0) is 37.6. The summed E-state index contributed by atoms with van der Waals surface area (Å²) in [5, 5.41) is 5.65. The Bertz CT molecular complexity index is 1880. The number of halogens is 2. The molecule has 2 saturated carbocycles. The average molecular weight is 953 g/mol. The number of hydrogen-bond acceptors (Lipinski definition) is 0. The van der Waals surface area contributed by atoms with Crippen molar-refractivity contribution in [2.24, 2.45) is 0 Å². The van der Waals surface area contributed by atoms with E-state index in [0.717, 1.165) is 18.3 Å². The first-order chi connectivity index (χ1) is 25.5. The first-order valence-corrected chi connectivity index (χ1v) is 20.7. The summed E-state index contributed by atoms with van der Waals surface area (Å²) in [4.78, 5) is 0. The van der Waals surface area contributed by atoms with Crippen molar-refractivity contribution in [3.63, 3.8) is 0 Å². The molecule has 0 spiro atoms. The quantitative estimate of drug-likeness (QED) is 0.122. The van der Waals surface area contributed by atoms with Crippen LogP contribution >= 0.6 is 24.8 Å². The van der Waals surface area contributed by atoms with Crippen LogP contribution in [0.5, 0.6) is 0 Å². The largest absolute Gasteiger partial charge is 4.00 e. The molecule has 0 amide bonds. The minimum Gasteiger partial charge on any atom is -0.372 e. The summed E-state index contributed by atoms with van der Waals surface area (Å²) >= 11 is 0. The molecule has 56 heavy (non-hydrogen) atoms. The smallest absolute Gasteiger partial charge is 0.372 e. The van der Waals surface area contributed by atoms with E-state index in [1.807, 2.05) is 0 Å². The molecule has 6 aromatic rings. The molecule has 0 saturated heterocycles. The Morgan fingerprint density at radius 1 is 0.500 bits per heavy atom. The first kappa shape index (κ1) is 47.9. The minimum absolute atomic E-state index is 0. The standard InChI is InChI=1S/2C25H29.C3H6.2ClH.Hf/c2*1-25(2,3)22-14-12-19(13-15-22)23-11-7-10-20-16-21(17-24(20)23)18-8-5-4-6-9-18;1-3-2;;;/h2*7,10-18H,4-6,8-9H2,1-3H3;1-3H2;2*1H;/q2*-1;-2;;;+4. The summed E-state index contributed by atoms with van der Waals surface area (Å²) in [6.45, 7) is 20.4. The summed E-state index contributed by atoms with van der Waals surface area (Å²) in [5.74, 6) is 1.55. The molecule has 0 atom stereocenters. The van der Waals surface area contributed by atoms with Crippen molar-refractivity contribution < 1.29 is 25.8 Å². The van der Waals surface area contributed by atoms with E-state index in [4.69, 9.17) is 0 Å². The Hall–Kier alpha value is -2.45.